The Labute approximate surface area is 174 Å². The average Bonchev–Trinajstić information content (AvgIpc) is 3.20. The number of nitrogens with zero attached hydrogens (tertiary/aromatic N) is 3. The maximum Gasteiger partial charge on any atom is 0.251 e. The number of rotatable bonds is 6. The van der Waals surface area contributed by atoms with E-state index < -0.39 is 6.43 Å². The van der Waals surface area contributed by atoms with Gasteiger partial charge in [0.15, 0.2) is 0 Å². The number of likely N-dealkylation sites (tertiary alicyclic amines) is 1. The van der Waals surface area contributed by atoms with Crippen molar-refractivity contribution < 1.29 is 13.6 Å². The van der Waals surface area contributed by atoms with E-state index in [9.17, 15) is 13.6 Å². The highest BCUT2D eigenvalue weighted by Crippen LogP contribution is 2.28. The van der Waals surface area contributed by atoms with Gasteiger partial charge in [-0.2, -0.15) is 11.8 Å². The smallest absolute Gasteiger partial charge is 0.251 e. The first-order valence-corrected chi connectivity index (χ1v) is 11.6. The van der Waals surface area contributed by atoms with Crippen LogP contribution in [0.3, 0.4) is 0 Å². The van der Waals surface area contributed by atoms with Crippen LogP contribution in [0.4, 0.5) is 8.78 Å². The number of carbonyl (C=O) groups excluding carboxylic acids is 1. The number of allylic oxidation sites excluding steroid dienone is 2. The van der Waals surface area contributed by atoms with Crippen LogP contribution in [0.25, 0.3) is 0 Å². The molecule has 2 aliphatic carbocycles. The normalized spacial score (nSPS) is 27.9. The SMILES string of the molecule is O=C1NC(CSC2CCN(CC(F)F)CC2)=NC2=CC(=NC3CCCC3)C=CC12. The van der Waals surface area contributed by atoms with Crippen LogP contribution in [-0.4, -0.2) is 65.5 Å². The van der Waals surface area contributed by atoms with Crippen molar-refractivity contribution in [3.05, 3.63) is 23.9 Å². The predicted molar refractivity (Wildman–Crippen MR) is 114 cm³/mol. The van der Waals surface area contributed by atoms with E-state index in [-0.39, 0.29) is 18.4 Å². The summed E-state index contributed by atoms with van der Waals surface area (Å²) in [7, 11) is 0. The third kappa shape index (κ3) is 5.54. The van der Waals surface area contributed by atoms with Gasteiger partial charge in [-0.25, -0.2) is 13.8 Å². The summed E-state index contributed by atoms with van der Waals surface area (Å²) >= 11 is 1.76. The molecule has 1 amide bonds. The molecule has 29 heavy (non-hydrogen) atoms. The number of aliphatic imine (C=N–C) groups is 2. The van der Waals surface area contributed by atoms with Crippen LogP contribution in [0, 0.1) is 5.92 Å². The minimum Gasteiger partial charge on any atom is -0.313 e. The average molecular weight is 423 g/mol. The number of hydrogen-bond acceptors (Lipinski definition) is 5. The molecule has 0 aromatic heterocycles. The molecule has 2 aliphatic heterocycles. The highest BCUT2D eigenvalue weighted by atomic mass is 32.2. The lowest BCUT2D eigenvalue weighted by atomic mass is 9.96. The number of fused-ring (bicyclic) bond motifs is 1. The second-order valence-electron chi connectivity index (χ2n) is 8.15. The summed E-state index contributed by atoms with van der Waals surface area (Å²) in [6, 6.07) is 0.399. The predicted octanol–water partition coefficient (Wildman–Crippen LogP) is 3.43. The van der Waals surface area contributed by atoms with E-state index in [1.54, 1.807) is 11.8 Å². The fourth-order valence-corrected chi connectivity index (χ4v) is 5.43. The first-order valence-electron chi connectivity index (χ1n) is 10.5. The van der Waals surface area contributed by atoms with E-state index in [0.717, 1.165) is 37.1 Å². The van der Waals surface area contributed by atoms with E-state index in [1.165, 1.54) is 12.8 Å². The largest absolute Gasteiger partial charge is 0.313 e. The molecule has 1 saturated heterocycles. The molecule has 1 N–H and O–H groups in total. The monoisotopic (exact) mass is 422 g/mol. The van der Waals surface area contributed by atoms with Crippen LogP contribution in [0.2, 0.25) is 0 Å². The van der Waals surface area contributed by atoms with Crippen molar-refractivity contribution in [2.45, 2.75) is 56.2 Å². The Morgan fingerprint density at radius 2 is 2.00 bits per heavy atom. The maximum absolute atomic E-state index is 12.5. The van der Waals surface area contributed by atoms with Crippen LogP contribution in [0.15, 0.2) is 33.9 Å². The topological polar surface area (TPSA) is 57.1 Å². The molecular weight excluding hydrogens is 394 g/mol. The standard InChI is InChI=1S/C21H28F2N4OS/c22-19(23)12-27-9-7-16(8-10-27)29-13-20-25-18-11-15(24-14-3-1-2-4-14)5-6-17(18)21(28)26-20/h5-6,11,14,16-17,19H,1-4,7-10,12-13H2,(H,25,26,28). The van der Waals surface area contributed by atoms with Crippen molar-refractivity contribution in [3.63, 3.8) is 0 Å². The van der Waals surface area contributed by atoms with E-state index in [2.05, 4.69) is 5.32 Å². The van der Waals surface area contributed by atoms with Gasteiger partial charge in [0.05, 0.1) is 35.7 Å². The van der Waals surface area contributed by atoms with Gasteiger partial charge >= 0.3 is 0 Å². The molecule has 1 atom stereocenters. The molecule has 1 unspecified atom stereocenters. The van der Waals surface area contributed by atoms with Crippen LogP contribution in [-0.2, 0) is 4.79 Å². The fourth-order valence-electron chi connectivity index (χ4n) is 4.35. The highest BCUT2D eigenvalue weighted by molar-refractivity contribution is 8.00. The molecule has 4 aliphatic rings. The van der Waals surface area contributed by atoms with Crippen LogP contribution >= 0.6 is 11.8 Å². The van der Waals surface area contributed by atoms with Crippen molar-refractivity contribution in [1.82, 2.24) is 10.2 Å². The summed E-state index contributed by atoms with van der Waals surface area (Å²) < 4.78 is 25.0. The molecule has 1 saturated carbocycles. The molecule has 4 rings (SSSR count). The van der Waals surface area contributed by atoms with Crippen LogP contribution in [0.1, 0.15) is 38.5 Å². The molecule has 158 valence electrons. The third-order valence-corrected chi connectivity index (χ3v) is 7.31. The lowest BCUT2D eigenvalue weighted by molar-refractivity contribution is -0.121. The van der Waals surface area contributed by atoms with Crippen molar-refractivity contribution in [2.75, 3.05) is 25.4 Å². The van der Waals surface area contributed by atoms with Gasteiger partial charge < -0.3 is 5.32 Å². The van der Waals surface area contributed by atoms with E-state index in [1.807, 2.05) is 23.1 Å². The Kier molecular flexibility index (Phi) is 6.80. The number of halogens is 2. The number of hydrogen-bond donors (Lipinski definition) is 1. The zero-order valence-electron chi connectivity index (χ0n) is 16.5. The molecule has 0 bridgehead atoms. The third-order valence-electron chi connectivity index (χ3n) is 5.93. The molecule has 0 aromatic rings. The van der Waals surface area contributed by atoms with Gasteiger partial charge in [-0.05, 0) is 50.9 Å². The number of alkyl halides is 2. The minimum absolute atomic E-state index is 0.0373. The first kappa shape index (κ1) is 20.7. The summed E-state index contributed by atoms with van der Waals surface area (Å²) in [6.45, 7) is 1.29. The maximum atomic E-state index is 12.5. The summed E-state index contributed by atoms with van der Waals surface area (Å²) in [4.78, 5) is 23.8. The zero-order chi connectivity index (χ0) is 20.2. The molecule has 8 heteroatoms. The lowest BCUT2D eigenvalue weighted by Gasteiger charge is -2.31. The van der Waals surface area contributed by atoms with E-state index >= 15 is 0 Å². The molecule has 2 fully saturated rings. The van der Waals surface area contributed by atoms with Gasteiger partial charge in [-0.1, -0.05) is 18.9 Å². The van der Waals surface area contributed by atoms with Gasteiger partial charge in [0, 0.05) is 5.25 Å². The molecule has 2 heterocycles. The quantitative estimate of drug-likeness (QED) is 0.714. The first-order chi connectivity index (χ1) is 14.1. The van der Waals surface area contributed by atoms with Crippen molar-refractivity contribution in [3.8, 4) is 0 Å². The van der Waals surface area contributed by atoms with Crippen molar-refractivity contribution in [1.29, 1.82) is 0 Å². The van der Waals surface area contributed by atoms with E-state index in [4.69, 9.17) is 9.98 Å². The van der Waals surface area contributed by atoms with Crippen LogP contribution < -0.4 is 5.32 Å². The summed E-state index contributed by atoms with van der Waals surface area (Å²) in [5.74, 6) is 0.954. The van der Waals surface area contributed by atoms with Gasteiger partial charge in [-0.3, -0.25) is 14.7 Å². The van der Waals surface area contributed by atoms with Gasteiger partial charge in [0.25, 0.3) is 6.43 Å². The van der Waals surface area contributed by atoms with Gasteiger partial charge in [0.1, 0.15) is 5.84 Å². The number of thioether (sulfide) groups is 1. The second-order valence-corrected chi connectivity index (χ2v) is 9.44. The van der Waals surface area contributed by atoms with Crippen molar-refractivity contribution in [2.24, 2.45) is 15.9 Å². The number of nitrogens with one attached hydrogen (secondary N) is 1. The lowest BCUT2D eigenvalue weighted by Crippen LogP contribution is -2.42. The number of amides is 1. The number of carbonyl (C=O) groups is 1. The summed E-state index contributed by atoms with van der Waals surface area (Å²) in [5, 5.41) is 3.34. The Morgan fingerprint density at radius 3 is 2.72 bits per heavy atom. The molecule has 0 spiro atoms. The molecule has 0 aromatic carbocycles. The van der Waals surface area contributed by atoms with Gasteiger partial charge in [0.2, 0.25) is 5.91 Å². The van der Waals surface area contributed by atoms with Crippen molar-refractivity contribution >= 4 is 29.2 Å². The summed E-state index contributed by atoms with van der Waals surface area (Å²) in [5.41, 5.74) is 1.69. The summed E-state index contributed by atoms with van der Waals surface area (Å²) in [6.07, 6.45) is 10.1. The molecule has 5 nitrogen and oxygen atoms in total. The van der Waals surface area contributed by atoms with E-state index in [0.29, 0.717) is 36.0 Å². The number of amidine groups is 1. The Balaban J connectivity index is 1.33. The Bertz CT molecular complexity index is 735. The molecule has 0 radical (unpaired) electrons. The number of piperidine rings is 1. The highest BCUT2D eigenvalue weighted by Gasteiger charge is 2.30. The van der Waals surface area contributed by atoms with Crippen LogP contribution in [0.5, 0.6) is 0 Å². The Morgan fingerprint density at radius 1 is 1.24 bits per heavy atom. The second kappa shape index (κ2) is 9.51. The minimum atomic E-state index is -2.26. The molecular formula is C21H28F2N4OS. The fraction of sp³-hybridized carbons (Fsp3) is 0.667. The zero-order valence-corrected chi connectivity index (χ0v) is 17.3. The Hall–Kier alpha value is -1.54. The van der Waals surface area contributed by atoms with Gasteiger partial charge in [-0.15, -0.1) is 0 Å².